The van der Waals surface area contributed by atoms with Gasteiger partial charge in [0.1, 0.15) is 5.60 Å². The molecule has 0 spiro atoms. The number of benzene rings is 2. The number of rotatable bonds is 5. The lowest BCUT2D eigenvalue weighted by Crippen LogP contribution is -2.35. The van der Waals surface area contributed by atoms with E-state index in [0.717, 1.165) is 23.0 Å². The van der Waals surface area contributed by atoms with Gasteiger partial charge >= 0.3 is 6.09 Å². The zero-order valence-electron chi connectivity index (χ0n) is 18.5. The van der Waals surface area contributed by atoms with E-state index in [1.54, 1.807) is 11.0 Å². The van der Waals surface area contributed by atoms with Gasteiger partial charge in [-0.3, -0.25) is 4.57 Å². The van der Waals surface area contributed by atoms with Crippen LogP contribution in [-0.4, -0.2) is 45.8 Å². The lowest BCUT2D eigenvalue weighted by atomic mass is 10.1. The SMILES string of the molecule is CC(C)(C)OC(=O)N1CC[C@H](COc2nc3ccccc3n2Cc2ccc(Cl)cc2Cl)C1. The highest BCUT2D eigenvalue weighted by Gasteiger charge is 2.30. The summed E-state index contributed by atoms with van der Waals surface area (Å²) in [6.45, 7) is 7.88. The number of imidazole rings is 1. The quantitative estimate of drug-likeness (QED) is 0.452. The van der Waals surface area contributed by atoms with Gasteiger partial charge in [-0.25, -0.2) is 4.79 Å². The maximum atomic E-state index is 12.3. The van der Waals surface area contributed by atoms with Crippen molar-refractivity contribution in [3.8, 4) is 6.01 Å². The Morgan fingerprint density at radius 2 is 1.97 bits per heavy atom. The molecule has 1 amide bonds. The number of likely N-dealkylation sites (tertiary alicyclic amines) is 1. The molecular formula is C24H27Cl2N3O3. The molecule has 0 radical (unpaired) electrons. The number of halogens is 2. The first-order chi connectivity index (χ1) is 15.2. The Balaban J connectivity index is 1.48. The molecule has 1 fully saturated rings. The van der Waals surface area contributed by atoms with Gasteiger partial charge in [-0.05, 0) is 57.0 Å². The van der Waals surface area contributed by atoms with Gasteiger partial charge < -0.3 is 14.4 Å². The van der Waals surface area contributed by atoms with Crippen LogP contribution in [0.2, 0.25) is 10.0 Å². The summed E-state index contributed by atoms with van der Waals surface area (Å²) in [5, 5.41) is 1.20. The number of carbonyl (C=O) groups excluding carboxylic acids is 1. The van der Waals surface area contributed by atoms with Crippen molar-refractivity contribution in [1.29, 1.82) is 0 Å². The zero-order valence-corrected chi connectivity index (χ0v) is 20.0. The zero-order chi connectivity index (χ0) is 22.9. The minimum Gasteiger partial charge on any atom is -0.464 e. The van der Waals surface area contributed by atoms with Gasteiger partial charge in [0.05, 0.1) is 24.2 Å². The minimum atomic E-state index is -0.501. The third-order valence-corrected chi connectivity index (χ3v) is 5.94. The third kappa shape index (κ3) is 5.30. The fourth-order valence-electron chi connectivity index (χ4n) is 3.79. The fraction of sp³-hybridized carbons (Fsp3) is 0.417. The molecule has 2 aromatic carbocycles. The van der Waals surface area contributed by atoms with Crippen molar-refractivity contribution in [3.63, 3.8) is 0 Å². The Bertz CT molecular complexity index is 1120. The molecule has 0 bridgehead atoms. The van der Waals surface area contributed by atoms with Crippen LogP contribution in [0.15, 0.2) is 42.5 Å². The van der Waals surface area contributed by atoms with E-state index in [9.17, 15) is 4.79 Å². The van der Waals surface area contributed by atoms with E-state index >= 15 is 0 Å². The van der Waals surface area contributed by atoms with Crippen LogP contribution < -0.4 is 4.74 Å². The first-order valence-corrected chi connectivity index (χ1v) is 11.4. The lowest BCUT2D eigenvalue weighted by molar-refractivity contribution is 0.0284. The number of ether oxygens (including phenoxy) is 2. The molecule has 1 aliphatic rings. The molecule has 170 valence electrons. The Hall–Kier alpha value is -2.44. The molecule has 1 atom stereocenters. The lowest BCUT2D eigenvalue weighted by Gasteiger charge is -2.24. The second kappa shape index (κ2) is 9.20. The largest absolute Gasteiger partial charge is 0.464 e. The van der Waals surface area contributed by atoms with Crippen LogP contribution in [-0.2, 0) is 11.3 Å². The van der Waals surface area contributed by atoms with Crippen molar-refractivity contribution in [1.82, 2.24) is 14.5 Å². The van der Waals surface area contributed by atoms with Gasteiger partial charge in [0.15, 0.2) is 0 Å². The molecule has 8 heteroatoms. The number of nitrogens with zero attached hydrogens (tertiary/aromatic N) is 3. The molecule has 1 aliphatic heterocycles. The van der Waals surface area contributed by atoms with E-state index in [2.05, 4.69) is 4.98 Å². The topological polar surface area (TPSA) is 56.6 Å². The van der Waals surface area contributed by atoms with Crippen LogP contribution >= 0.6 is 23.2 Å². The van der Waals surface area contributed by atoms with Gasteiger partial charge in [-0.1, -0.05) is 41.4 Å². The van der Waals surface area contributed by atoms with Gasteiger partial charge in [0.2, 0.25) is 0 Å². The highest BCUT2D eigenvalue weighted by molar-refractivity contribution is 6.35. The van der Waals surface area contributed by atoms with Crippen LogP contribution in [0, 0.1) is 5.92 Å². The number of hydrogen-bond donors (Lipinski definition) is 0. The molecule has 0 saturated carbocycles. The summed E-state index contributed by atoms with van der Waals surface area (Å²) in [5.41, 5.74) is 2.25. The number of para-hydroxylation sites is 2. The molecule has 32 heavy (non-hydrogen) atoms. The summed E-state index contributed by atoms with van der Waals surface area (Å²) in [6, 6.07) is 13.9. The van der Waals surface area contributed by atoms with Crippen molar-refractivity contribution < 1.29 is 14.3 Å². The maximum absolute atomic E-state index is 12.3. The molecular weight excluding hydrogens is 449 g/mol. The smallest absolute Gasteiger partial charge is 0.410 e. The van der Waals surface area contributed by atoms with E-state index < -0.39 is 5.60 Å². The molecule has 0 unspecified atom stereocenters. The Labute approximate surface area is 198 Å². The second-order valence-electron chi connectivity index (χ2n) is 9.10. The van der Waals surface area contributed by atoms with E-state index in [4.69, 9.17) is 32.7 Å². The summed E-state index contributed by atoms with van der Waals surface area (Å²) in [6.07, 6.45) is 0.590. The summed E-state index contributed by atoms with van der Waals surface area (Å²) in [5.74, 6) is 0.218. The average molecular weight is 476 g/mol. The van der Waals surface area contributed by atoms with Crippen LogP contribution in [0.4, 0.5) is 4.79 Å². The average Bonchev–Trinajstić information content (AvgIpc) is 3.32. The first kappa shape index (κ1) is 22.7. The minimum absolute atomic E-state index is 0.218. The first-order valence-electron chi connectivity index (χ1n) is 10.7. The van der Waals surface area contributed by atoms with Crippen LogP contribution in [0.25, 0.3) is 11.0 Å². The second-order valence-corrected chi connectivity index (χ2v) is 9.94. The highest BCUT2D eigenvalue weighted by atomic mass is 35.5. The molecule has 0 N–H and O–H groups in total. The highest BCUT2D eigenvalue weighted by Crippen LogP contribution is 2.28. The van der Waals surface area contributed by atoms with E-state index in [1.807, 2.05) is 61.7 Å². The Morgan fingerprint density at radius 1 is 1.19 bits per heavy atom. The summed E-state index contributed by atoms with van der Waals surface area (Å²) >= 11 is 12.5. The van der Waals surface area contributed by atoms with Crippen molar-refractivity contribution in [2.45, 2.75) is 39.3 Å². The van der Waals surface area contributed by atoms with Gasteiger partial charge in [-0.15, -0.1) is 0 Å². The van der Waals surface area contributed by atoms with Crippen molar-refractivity contribution in [2.24, 2.45) is 5.92 Å². The Kier molecular flexibility index (Phi) is 6.54. The summed E-state index contributed by atoms with van der Waals surface area (Å²) in [4.78, 5) is 18.8. The van der Waals surface area contributed by atoms with Crippen molar-refractivity contribution in [3.05, 3.63) is 58.1 Å². The fourth-order valence-corrected chi connectivity index (χ4v) is 4.26. The van der Waals surface area contributed by atoms with Crippen LogP contribution in [0.5, 0.6) is 6.01 Å². The van der Waals surface area contributed by atoms with Crippen LogP contribution in [0.1, 0.15) is 32.8 Å². The van der Waals surface area contributed by atoms with E-state index in [-0.39, 0.29) is 12.0 Å². The van der Waals surface area contributed by atoms with Gasteiger partial charge in [0, 0.05) is 29.1 Å². The third-order valence-electron chi connectivity index (χ3n) is 5.35. The summed E-state index contributed by atoms with van der Waals surface area (Å²) < 4.78 is 13.7. The van der Waals surface area contributed by atoms with Crippen LogP contribution in [0.3, 0.4) is 0 Å². The monoisotopic (exact) mass is 475 g/mol. The normalized spacial score (nSPS) is 16.5. The molecule has 4 rings (SSSR count). The number of hydrogen-bond acceptors (Lipinski definition) is 4. The number of carbonyl (C=O) groups is 1. The molecule has 0 aliphatic carbocycles. The predicted molar refractivity (Wildman–Crippen MR) is 127 cm³/mol. The molecule has 1 aromatic heterocycles. The standard InChI is InChI=1S/C24H27Cl2N3O3/c1-24(2,3)32-23(30)28-11-10-16(13-28)15-31-22-27-20-6-4-5-7-21(20)29(22)14-17-8-9-18(25)12-19(17)26/h4-9,12,16H,10-11,13-15H2,1-3H3/t16-/m0/s1. The summed E-state index contributed by atoms with van der Waals surface area (Å²) in [7, 11) is 0. The number of fused-ring (bicyclic) bond motifs is 1. The van der Waals surface area contributed by atoms with Crippen molar-refractivity contribution in [2.75, 3.05) is 19.7 Å². The van der Waals surface area contributed by atoms with E-state index in [1.165, 1.54) is 0 Å². The number of amides is 1. The molecule has 6 nitrogen and oxygen atoms in total. The maximum Gasteiger partial charge on any atom is 0.410 e. The molecule has 2 heterocycles. The van der Waals surface area contributed by atoms with Gasteiger partial charge in [0.25, 0.3) is 6.01 Å². The van der Waals surface area contributed by atoms with Crippen molar-refractivity contribution >= 4 is 40.3 Å². The predicted octanol–water partition coefficient (Wildman–Crippen LogP) is 6.03. The Morgan fingerprint density at radius 3 is 2.72 bits per heavy atom. The van der Waals surface area contributed by atoms with Gasteiger partial charge in [-0.2, -0.15) is 4.98 Å². The van der Waals surface area contributed by atoms with E-state index in [0.29, 0.717) is 42.3 Å². The molecule has 1 saturated heterocycles. The molecule has 3 aromatic rings. The number of aromatic nitrogens is 2.